The van der Waals surface area contributed by atoms with E-state index >= 15 is 0 Å². The maximum absolute atomic E-state index is 11.2. The number of hydrogen-bond acceptors (Lipinski definition) is 7. The molecule has 1 unspecified atom stereocenters. The highest BCUT2D eigenvalue weighted by atomic mass is 16.6. The molecule has 1 rings (SSSR count). The second kappa shape index (κ2) is 7.22. The Kier molecular flexibility index (Phi) is 5.65. The molecule has 0 bridgehead atoms. The maximum atomic E-state index is 11.2. The lowest BCUT2D eigenvalue weighted by molar-refractivity contribution is -0.385. The minimum Gasteiger partial charge on any atom is -0.493 e. The number of aldehydes is 1. The van der Waals surface area contributed by atoms with Gasteiger partial charge in [-0.3, -0.25) is 19.7 Å². The van der Waals surface area contributed by atoms with Gasteiger partial charge in [0.25, 0.3) is 5.69 Å². The van der Waals surface area contributed by atoms with Gasteiger partial charge >= 0.3 is 5.97 Å². The summed E-state index contributed by atoms with van der Waals surface area (Å²) >= 11 is 0. The van der Waals surface area contributed by atoms with Gasteiger partial charge in [-0.05, 0) is 6.92 Å². The first-order chi connectivity index (χ1) is 9.92. The number of nitrogens with zero attached hydrogens (tertiary/aromatic N) is 1. The van der Waals surface area contributed by atoms with Crippen LogP contribution in [0.1, 0.15) is 23.7 Å². The first kappa shape index (κ1) is 16.4. The van der Waals surface area contributed by atoms with Crippen LogP contribution in [0.4, 0.5) is 5.69 Å². The Morgan fingerprint density at radius 3 is 2.52 bits per heavy atom. The molecule has 0 amide bonds. The van der Waals surface area contributed by atoms with Crippen molar-refractivity contribution in [1.82, 2.24) is 0 Å². The van der Waals surface area contributed by atoms with Crippen molar-refractivity contribution < 1.29 is 28.7 Å². The molecule has 1 aromatic rings. The highest BCUT2D eigenvalue weighted by Crippen LogP contribution is 2.34. The zero-order valence-corrected chi connectivity index (χ0v) is 11.8. The van der Waals surface area contributed by atoms with Crippen molar-refractivity contribution >= 4 is 17.9 Å². The zero-order valence-electron chi connectivity index (χ0n) is 11.8. The molecule has 0 heterocycles. The van der Waals surface area contributed by atoms with Gasteiger partial charge in [0.1, 0.15) is 6.10 Å². The first-order valence-electron chi connectivity index (χ1n) is 5.98. The van der Waals surface area contributed by atoms with Crippen LogP contribution in [-0.2, 0) is 9.53 Å². The number of carbonyl (C=O) groups is 2. The lowest BCUT2D eigenvalue weighted by Gasteiger charge is -2.16. The second-order valence-electron chi connectivity index (χ2n) is 4.15. The van der Waals surface area contributed by atoms with E-state index in [1.54, 1.807) is 6.92 Å². The highest BCUT2D eigenvalue weighted by Gasteiger charge is 2.21. The molecule has 0 aliphatic heterocycles. The molecule has 0 N–H and O–H groups in total. The lowest BCUT2D eigenvalue weighted by Crippen LogP contribution is -2.18. The molecule has 0 fully saturated rings. The van der Waals surface area contributed by atoms with Gasteiger partial charge in [0.15, 0.2) is 17.8 Å². The lowest BCUT2D eigenvalue weighted by atomic mass is 10.1. The third-order valence-electron chi connectivity index (χ3n) is 2.65. The Bertz CT molecular complexity index is 556. The topological polar surface area (TPSA) is 105 Å². The van der Waals surface area contributed by atoms with Crippen LogP contribution in [0, 0.1) is 10.1 Å². The predicted molar refractivity (Wildman–Crippen MR) is 71.8 cm³/mol. The van der Waals surface area contributed by atoms with Crippen LogP contribution in [0.25, 0.3) is 0 Å². The van der Waals surface area contributed by atoms with E-state index in [1.165, 1.54) is 20.3 Å². The Morgan fingerprint density at radius 2 is 2.05 bits per heavy atom. The molecule has 1 atom stereocenters. The number of nitro groups is 1. The van der Waals surface area contributed by atoms with Gasteiger partial charge in [-0.1, -0.05) is 0 Å². The number of benzene rings is 1. The van der Waals surface area contributed by atoms with E-state index in [4.69, 9.17) is 9.47 Å². The minimum atomic E-state index is -0.693. The molecule has 0 aliphatic carbocycles. The molecule has 0 radical (unpaired) electrons. The quantitative estimate of drug-likeness (QED) is 0.326. The Hall–Kier alpha value is -2.64. The molecule has 1 aromatic carbocycles. The van der Waals surface area contributed by atoms with E-state index in [2.05, 4.69) is 4.74 Å². The summed E-state index contributed by atoms with van der Waals surface area (Å²) in [6.07, 6.45) is -0.237. The number of nitro benzene ring substituents is 1. The van der Waals surface area contributed by atoms with Crippen molar-refractivity contribution in [3.63, 3.8) is 0 Å². The molecular formula is C13H15NO7. The largest absolute Gasteiger partial charge is 0.493 e. The number of ether oxygens (including phenoxy) is 3. The van der Waals surface area contributed by atoms with Crippen LogP contribution in [-0.4, -0.2) is 37.5 Å². The maximum Gasteiger partial charge on any atom is 0.309 e. The van der Waals surface area contributed by atoms with Gasteiger partial charge in [0.05, 0.1) is 37.2 Å². The fourth-order valence-electron chi connectivity index (χ4n) is 1.65. The number of esters is 1. The van der Waals surface area contributed by atoms with Crippen LogP contribution in [0.15, 0.2) is 12.1 Å². The van der Waals surface area contributed by atoms with Gasteiger partial charge in [0, 0.05) is 6.07 Å². The van der Waals surface area contributed by atoms with E-state index in [0.29, 0.717) is 6.29 Å². The molecule has 0 aromatic heterocycles. The van der Waals surface area contributed by atoms with Crippen molar-refractivity contribution in [2.24, 2.45) is 0 Å². The van der Waals surface area contributed by atoms with E-state index in [0.717, 1.165) is 6.07 Å². The second-order valence-corrected chi connectivity index (χ2v) is 4.15. The summed E-state index contributed by atoms with van der Waals surface area (Å²) < 4.78 is 15.0. The summed E-state index contributed by atoms with van der Waals surface area (Å²) in [5.41, 5.74) is -0.518. The number of rotatable bonds is 7. The fourth-order valence-corrected chi connectivity index (χ4v) is 1.65. The summed E-state index contributed by atoms with van der Waals surface area (Å²) in [6, 6.07) is 2.31. The molecule has 0 saturated carbocycles. The van der Waals surface area contributed by atoms with Gasteiger partial charge in [-0.15, -0.1) is 0 Å². The molecule has 21 heavy (non-hydrogen) atoms. The predicted octanol–water partition coefficient (Wildman–Crippen LogP) is 1.75. The smallest absolute Gasteiger partial charge is 0.309 e. The Morgan fingerprint density at radius 1 is 1.38 bits per heavy atom. The molecule has 0 aliphatic rings. The first-order valence-corrected chi connectivity index (χ1v) is 5.98. The molecule has 8 nitrogen and oxygen atoms in total. The molecular weight excluding hydrogens is 282 g/mol. The Balaban J connectivity index is 3.10. The molecule has 8 heteroatoms. The van der Waals surface area contributed by atoms with Crippen molar-refractivity contribution in [3.05, 3.63) is 27.8 Å². The average Bonchev–Trinajstić information content (AvgIpc) is 2.46. The van der Waals surface area contributed by atoms with E-state index in [1.807, 2.05) is 0 Å². The SMILES string of the molecule is COC(=O)CC(C)Oc1cc([N+](=O)[O-])c(C=O)cc1OC. The number of methoxy groups -OCH3 is 2. The summed E-state index contributed by atoms with van der Waals surface area (Å²) in [5.74, 6) is -0.230. The molecule has 0 saturated heterocycles. The van der Waals surface area contributed by atoms with Crippen LogP contribution in [0.5, 0.6) is 11.5 Å². The van der Waals surface area contributed by atoms with E-state index in [-0.39, 0.29) is 23.5 Å². The van der Waals surface area contributed by atoms with Crippen molar-refractivity contribution in [2.75, 3.05) is 14.2 Å². The standard InChI is InChI=1S/C13H15NO7/c1-8(4-13(16)20-3)21-12-6-10(14(17)18)9(7-15)5-11(12)19-2/h5-8H,4H2,1-3H3. The van der Waals surface area contributed by atoms with Gasteiger partial charge in [-0.25, -0.2) is 0 Å². The van der Waals surface area contributed by atoms with Gasteiger partial charge in [-0.2, -0.15) is 0 Å². The van der Waals surface area contributed by atoms with Crippen LogP contribution >= 0.6 is 0 Å². The van der Waals surface area contributed by atoms with E-state index < -0.39 is 22.7 Å². The van der Waals surface area contributed by atoms with Crippen LogP contribution < -0.4 is 9.47 Å². The normalized spacial score (nSPS) is 11.4. The third kappa shape index (κ3) is 4.16. The van der Waals surface area contributed by atoms with Crippen molar-refractivity contribution in [2.45, 2.75) is 19.4 Å². The molecule has 0 spiro atoms. The average molecular weight is 297 g/mol. The summed E-state index contributed by atoms with van der Waals surface area (Å²) in [5, 5.41) is 10.9. The highest BCUT2D eigenvalue weighted by molar-refractivity contribution is 5.83. The van der Waals surface area contributed by atoms with Gasteiger partial charge < -0.3 is 14.2 Å². The third-order valence-corrected chi connectivity index (χ3v) is 2.65. The van der Waals surface area contributed by atoms with E-state index in [9.17, 15) is 19.7 Å². The number of hydrogen-bond donors (Lipinski definition) is 0. The summed E-state index contributed by atoms with van der Waals surface area (Å²) in [7, 11) is 2.59. The summed E-state index contributed by atoms with van der Waals surface area (Å²) in [4.78, 5) is 32.2. The van der Waals surface area contributed by atoms with Crippen LogP contribution in [0.2, 0.25) is 0 Å². The zero-order chi connectivity index (χ0) is 16.0. The summed E-state index contributed by atoms with van der Waals surface area (Å²) in [6.45, 7) is 1.61. The number of carbonyl (C=O) groups excluding carboxylic acids is 2. The van der Waals surface area contributed by atoms with Crippen molar-refractivity contribution in [3.8, 4) is 11.5 Å². The Labute approximate surface area is 120 Å². The van der Waals surface area contributed by atoms with Crippen molar-refractivity contribution in [1.29, 1.82) is 0 Å². The molecule has 114 valence electrons. The fraction of sp³-hybridized carbons (Fsp3) is 0.385. The van der Waals surface area contributed by atoms with Gasteiger partial charge in [0.2, 0.25) is 0 Å². The van der Waals surface area contributed by atoms with Crippen LogP contribution in [0.3, 0.4) is 0 Å². The minimum absolute atomic E-state index is 0.0249. The monoisotopic (exact) mass is 297 g/mol.